The summed E-state index contributed by atoms with van der Waals surface area (Å²) in [5.41, 5.74) is -0.128. The topological polar surface area (TPSA) is 101 Å². The van der Waals surface area contributed by atoms with E-state index in [0.29, 0.717) is 12.5 Å². The van der Waals surface area contributed by atoms with Gasteiger partial charge in [0.2, 0.25) is 5.91 Å². The van der Waals surface area contributed by atoms with Gasteiger partial charge in [-0.1, -0.05) is 19.9 Å². The Balaban J connectivity index is 2.75. The molecule has 0 aliphatic heterocycles. The quantitative estimate of drug-likeness (QED) is 0.790. The number of carbonyl (C=O) groups excluding carboxylic acids is 1. The van der Waals surface area contributed by atoms with Gasteiger partial charge in [0.1, 0.15) is 5.75 Å². The minimum absolute atomic E-state index is 0.128. The predicted molar refractivity (Wildman–Crippen MR) is 77.9 cm³/mol. The first-order valence-electron chi connectivity index (χ1n) is 6.55. The van der Waals surface area contributed by atoms with Gasteiger partial charge in [-0.25, -0.2) is 13.2 Å². The Bertz CT molecular complexity index is 622. The van der Waals surface area contributed by atoms with E-state index >= 15 is 0 Å². The van der Waals surface area contributed by atoms with Crippen LogP contribution in [0.25, 0.3) is 0 Å². The van der Waals surface area contributed by atoms with Crippen molar-refractivity contribution in [3.05, 3.63) is 29.8 Å². The van der Waals surface area contributed by atoms with Crippen molar-refractivity contribution in [1.82, 2.24) is 5.32 Å². The third-order valence-electron chi connectivity index (χ3n) is 2.81. The third-order valence-corrected chi connectivity index (χ3v) is 4.42. The molecule has 0 bridgehead atoms. The summed E-state index contributed by atoms with van der Waals surface area (Å²) in [5, 5.41) is 11.4. The fourth-order valence-corrected chi connectivity index (χ4v) is 2.84. The number of carbonyl (C=O) groups is 2. The van der Waals surface area contributed by atoms with Crippen molar-refractivity contribution in [3.8, 4) is 0 Å². The number of rotatable bonds is 7. The molecule has 0 saturated carbocycles. The zero-order valence-electron chi connectivity index (χ0n) is 12.0. The normalized spacial score (nSPS) is 11.4. The van der Waals surface area contributed by atoms with Gasteiger partial charge in [-0.2, -0.15) is 0 Å². The molecule has 0 unspecified atom stereocenters. The second kappa shape index (κ2) is 7.21. The average molecular weight is 313 g/mol. The summed E-state index contributed by atoms with van der Waals surface area (Å²) in [7, 11) is -3.84. The maximum absolute atomic E-state index is 12.1. The maximum Gasteiger partial charge on any atom is 0.335 e. The first kappa shape index (κ1) is 17.2. The van der Waals surface area contributed by atoms with Gasteiger partial charge in [0.05, 0.1) is 10.5 Å². The summed E-state index contributed by atoms with van der Waals surface area (Å²) >= 11 is 0. The van der Waals surface area contributed by atoms with E-state index in [0.717, 1.165) is 12.5 Å². The number of hydrogen-bond acceptors (Lipinski definition) is 4. The second-order valence-corrected chi connectivity index (χ2v) is 7.11. The molecule has 2 N–H and O–H groups in total. The van der Waals surface area contributed by atoms with Crippen molar-refractivity contribution in [2.24, 2.45) is 5.92 Å². The van der Waals surface area contributed by atoms with Gasteiger partial charge in [0.15, 0.2) is 9.84 Å². The molecule has 1 amide bonds. The first-order valence-corrected chi connectivity index (χ1v) is 8.20. The van der Waals surface area contributed by atoms with E-state index in [1.54, 1.807) is 0 Å². The Hall–Kier alpha value is -1.89. The lowest BCUT2D eigenvalue weighted by Gasteiger charge is -2.08. The van der Waals surface area contributed by atoms with Crippen LogP contribution in [0.3, 0.4) is 0 Å². The molecular weight excluding hydrogens is 294 g/mol. The fraction of sp³-hybridized carbons (Fsp3) is 0.429. The summed E-state index contributed by atoms with van der Waals surface area (Å²) in [5.74, 6) is -2.08. The molecule has 1 aromatic rings. The molecule has 0 radical (unpaired) electrons. The molecule has 0 heterocycles. The predicted octanol–water partition coefficient (Wildman–Crippen LogP) is 1.32. The third kappa shape index (κ3) is 5.55. The Morgan fingerprint density at radius 3 is 2.52 bits per heavy atom. The smallest absolute Gasteiger partial charge is 0.335 e. The van der Waals surface area contributed by atoms with Gasteiger partial charge in [0, 0.05) is 6.54 Å². The highest BCUT2D eigenvalue weighted by molar-refractivity contribution is 7.92. The van der Waals surface area contributed by atoms with Crippen LogP contribution in [-0.4, -0.2) is 37.7 Å². The van der Waals surface area contributed by atoms with Gasteiger partial charge >= 0.3 is 5.97 Å². The number of carboxylic acids is 1. The van der Waals surface area contributed by atoms with E-state index in [1.165, 1.54) is 18.2 Å². The Kier molecular flexibility index (Phi) is 5.90. The van der Waals surface area contributed by atoms with Gasteiger partial charge in [-0.05, 0) is 30.5 Å². The molecule has 6 nitrogen and oxygen atoms in total. The Labute approximate surface area is 124 Å². The molecule has 21 heavy (non-hydrogen) atoms. The molecule has 1 rings (SSSR count). The van der Waals surface area contributed by atoms with Crippen LogP contribution >= 0.6 is 0 Å². The van der Waals surface area contributed by atoms with Crippen molar-refractivity contribution < 1.29 is 23.1 Å². The van der Waals surface area contributed by atoms with Crippen LogP contribution in [0.4, 0.5) is 0 Å². The number of amides is 1. The van der Waals surface area contributed by atoms with Gasteiger partial charge < -0.3 is 10.4 Å². The van der Waals surface area contributed by atoms with E-state index in [1.807, 2.05) is 13.8 Å². The molecule has 0 spiro atoms. The van der Waals surface area contributed by atoms with Crippen LogP contribution in [0, 0.1) is 5.92 Å². The standard InChI is InChI=1S/C14H19NO5S/c1-10(2)6-7-15-13(16)9-21(19,20)12-5-3-4-11(8-12)14(17)18/h3-5,8,10H,6-7,9H2,1-2H3,(H,15,16)(H,17,18). The fourth-order valence-electron chi connectivity index (χ4n) is 1.63. The van der Waals surface area contributed by atoms with Crippen LogP contribution in [0.15, 0.2) is 29.2 Å². The highest BCUT2D eigenvalue weighted by atomic mass is 32.2. The molecule has 0 fully saturated rings. The van der Waals surface area contributed by atoms with Crippen molar-refractivity contribution >= 4 is 21.7 Å². The zero-order chi connectivity index (χ0) is 16.0. The molecule has 0 aliphatic carbocycles. The van der Waals surface area contributed by atoms with Gasteiger partial charge in [-0.15, -0.1) is 0 Å². The summed E-state index contributed by atoms with van der Waals surface area (Å²) in [4.78, 5) is 22.3. The lowest BCUT2D eigenvalue weighted by molar-refractivity contribution is -0.118. The number of hydrogen-bond donors (Lipinski definition) is 2. The van der Waals surface area contributed by atoms with Gasteiger partial charge in [-0.3, -0.25) is 4.79 Å². The van der Waals surface area contributed by atoms with Crippen LogP contribution in [0.2, 0.25) is 0 Å². The minimum atomic E-state index is -3.84. The summed E-state index contributed by atoms with van der Waals surface area (Å²) < 4.78 is 24.1. The molecular formula is C14H19NO5S. The lowest BCUT2D eigenvalue weighted by atomic mass is 10.1. The molecule has 116 valence electrons. The molecule has 7 heteroatoms. The maximum atomic E-state index is 12.1. The largest absolute Gasteiger partial charge is 0.478 e. The van der Waals surface area contributed by atoms with Crippen LogP contribution in [0.5, 0.6) is 0 Å². The van der Waals surface area contributed by atoms with Crippen LogP contribution in [0.1, 0.15) is 30.6 Å². The number of sulfone groups is 1. The number of nitrogens with one attached hydrogen (secondary N) is 1. The Morgan fingerprint density at radius 2 is 1.95 bits per heavy atom. The van der Waals surface area contributed by atoms with E-state index < -0.39 is 27.5 Å². The SMILES string of the molecule is CC(C)CCNC(=O)CS(=O)(=O)c1cccc(C(=O)O)c1. The average Bonchev–Trinajstić information content (AvgIpc) is 2.37. The molecule has 0 atom stereocenters. The summed E-state index contributed by atoms with van der Waals surface area (Å²) in [6.45, 7) is 4.42. The highest BCUT2D eigenvalue weighted by Gasteiger charge is 2.20. The van der Waals surface area contributed by atoms with E-state index in [2.05, 4.69) is 5.32 Å². The highest BCUT2D eigenvalue weighted by Crippen LogP contribution is 2.13. The number of aromatic carboxylic acids is 1. The number of benzene rings is 1. The number of carboxylic acid groups (broad SMARTS) is 1. The van der Waals surface area contributed by atoms with Crippen molar-refractivity contribution in [2.45, 2.75) is 25.2 Å². The van der Waals surface area contributed by atoms with Gasteiger partial charge in [0.25, 0.3) is 0 Å². The monoisotopic (exact) mass is 313 g/mol. The Morgan fingerprint density at radius 1 is 1.29 bits per heavy atom. The molecule has 0 saturated heterocycles. The zero-order valence-corrected chi connectivity index (χ0v) is 12.8. The molecule has 0 aliphatic rings. The summed E-state index contributed by atoms with van der Waals surface area (Å²) in [6.07, 6.45) is 0.764. The van der Waals surface area contributed by atoms with Crippen LogP contribution < -0.4 is 5.32 Å². The lowest BCUT2D eigenvalue weighted by Crippen LogP contribution is -2.31. The molecule has 1 aromatic carbocycles. The van der Waals surface area contributed by atoms with E-state index in [4.69, 9.17) is 5.11 Å². The van der Waals surface area contributed by atoms with E-state index in [-0.39, 0.29) is 10.5 Å². The molecule has 0 aromatic heterocycles. The second-order valence-electron chi connectivity index (χ2n) is 5.12. The van der Waals surface area contributed by atoms with Crippen molar-refractivity contribution in [2.75, 3.05) is 12.3 Å². The van der Waals surface area contributed by atoms with Crippen LogP contribution in [-0.2, 0) is 14.6 Å². The van der Waals surface area contributed by atoms with Crippen molar-refractivity contribution in [3.63, 3.8) is 0 Å². The van der Waals surface area contributed by atoms with Crippen molar-refractivity contribution in [1.29, 1.82) is 0 Å². The first-order chi connectivity index (χ1) is 9.72. The van der Waals surface area contributed by atoms with E-state index in [9.17, 15) is 18.0 Å². The summed E-state index contributed by atoms with van der Waals surface area (Å²) in [6, 6.07) is 4.97. The minimum Gasteiger partial charge on any atom is -0.478 e.